The number of unbranched alkanes of at least 4 members (excludes halogenated alkanes) is 1. The molecule has 1 aromatic rings. The molecular formula is C13H19NO. The van der Waals surface area contributed by atoms with Crippen molar-refractivity contribution < 1.29 is 4.74 Å². The third-order valence-electron chi connectivity index (χ3n) is 2.31. The summed E-state index contributed by atoms with van der Waals surface area (Å²) in [7, 11) is 1.69. The molecule has 0 heterocycles. The molecule has 1 rings (SSSR count). The van der Waals surface area contributed by atoms with Crippen LogP contribution in [-0.4, -0.2) is 13.7 Å². The Labute approximate surface area is 92.0 Å². The van der Waals surface area contributed by atoms with Crippen LogP contribution in [0.15, 0.2) is 30.9 Å². The molecule has 2 nitrogen and oxygen atoms in total. The Hall–Kier alpha value is -1.44. The van der Waals surface area contributed by atoms with E-state index in [1.165, 1.54) is 0 Å². The predicted molar refractivity (Wildman–Crippen MR) is 65.7 cm³/mol. The number of rotatable bonds is 6. The zero-order valence-electron chi connectivity index (χ0n) is 9.55. The standard InChI is InChI=1S/C13H19NO/c1-4-5-6-9-14-12-7-8-13(15-3)11(2)10-12/h4,7-8,10,14H,1,5-6,9H2,2-3H3. The van der Waals surface area contributed by atoms with Gasteiger partial charge in [-0.15, -0.1) is 6.58 Å². The molecule has 0 fully saturated rings. The highest BCUT2D eigenvalue weighted by Crippen LogP contribution is 2.21. The van der Waals surface area contributed by atoms with Crippen molar-refractivity contribution in [2.75, 3.05) is 19.0 Å². The predicted octanol–water partition coefficient (Wildman–Crippen LogP) is 3.38. The van der Waals surface area contributed by atoms with E-state index in [0.29, 0.717) is 0 Å². The first-order chi connectivity index (χ1) is 7.27. The van der Waals surface area contributed by atoms with Crippen molar-refractivity contribution in [2.24, 2.45) is 0 Å². The zero-order chi connectivity index (χ0) is 11.1. The topological polar surface area (TPSA) is 21.3 Å². The molecule has 0 bridgehead atoms. The van der Waals surface area contributed by atoms with E-state index in [1.807, 2.05) is 25.1 Å². The van der Waals surface area contributed by atoms with Gasteiger partial charge in [0.2, 0.25) is 0 Å². The maximum absolute atomic E-state index is 5.20. The van der Waals surface area contributed by atoms with Crippen LogP contribution in [0.3, 0.4) is 0 Å². The molecule has 0 aliphatic rings. The number of hydrogen-bond donors (Lipinski definition) is 1. The Morgan fingerprint density at radius 2 is 2.27 bits per heavy atom. The van der Waals surface area contributed by atoms with E-state index in [0.717, 1.165) is 36.4 Å². The molecule has 0 unspecified atom stereocenters. The molecule has 15 heavy (non-hydrogen) atoms. The minimum Gasteiger partial charge on any atom is -0.496 e. The molecule has 1 aromatic carbocycles. The molecule has 0 amide bonds. The van der Waals surface area contributed by atoms with Gasteiger partial charge in [-0.3, -0.25) is 0 Å². The summed E-state index contributed by atoms with van der Waals surface area (Å²) >= 11 is 0. The Morgan fingerprint density at radius 3 is 2.87 bits per heavy atom. The van der Waals surface area contributed by atoms with Crippen molar-refractivity contribution in [3.63, 3.8) is 0 Å². The van der Waals surface area contributed by atoms with Crippen LogP contribution in [0.25, 0.3) is 0 Å². The summed E-state index contributed by atoms with van der Waals surface area (Å²) in [5.41, 5.74) is 2.31. The highest BCUT2D eigenvalue weighted by Gasteiger charge is 1.98. The summed E-state index contributed by atoms with van der Waals surface area (Å²) in [4.78, 5) is 0. The number of methoxy groups -OCH3 is 1. The fourth-order valence-electron chi connectivity index (χ4n) is 1.47. The van der Waals surface area contributed by atoms with Crippen molar-refractivity contribution in [2.45, 2.75) is 19.8 Å². The van der Waals surface area contributed by atoms with Gasteiger partial charge in [0.25, 0.3) is 0 Å². The van der Waals surface area contributed by atoms with E-state index < -0.39 is 0 Å². The molecule has 0 atom stereocenters. The third kappa shape index (κ3) is 3.66. The molecule has 0 radical (unpaired) electrons. The van der Waals surface area contributed by atoms with Crippen molar-refractivity contribution in [3.05, 3.63) is 36.4 Å². The maximum Gasteiger partial charge on any atom is 0.121 e. The number of ether oxygens (including phenoxy) is 1. The number of anilines is 1. The summed E-state index contributed by atoms with van der Waals surface area (Å²) in [6.07, 6.45) is 4.12. The molecule has 0 aliphatic carbocycles. The fraction of sp³-hybridized carbons (Fsp3) is 0.385. The van der Waals surface area contributed by atoms with Gasteiger partial charge in [0, 0.05) is 12.2 Å². The minimum absolute atomic E-state index is 0.937. The van der Waals surface area contributed by atoms with E-state index in [1.54, 1.807) is 7.11 Å². The molecular weight excluding hydrogens is 186 g/mol. The molecule has 82 valence electrons. The lowest BCUT2D eigenvalue weighted by molar-refractivity contribution is 0.412. The molecule has 2 heteroatoms. The largest absolute Gasteiger partial charge is 0.496 e. The Morgan fingerprint density at radius 1 is 1.47 bits per heavy atom. The number of benzene rings is 1. The van der Waals surface area contributed by atoms with Crippen molar-refractivity contribution in [1.29, 1.82) is 0 Å². The van der Waals surface area contributed by atoms with Crippen LogP contribution in [0, 0.1) is 6.92 Å². The first-order valence-electron chi connectivity index (χ1n) is 5.27. The van der Waals surface area contributed by atoms with Gasteiger partial charge >= 0.3 is 0 Å². The fourth-order valence-corrected chi connectivity index (χ4v) is 1.47. The van der Waals surface area contributed by atoms with Crippen LogP contribution >= 0.6 is 0 Å². The van der Waals surface area contributed by atoms with Crippen LogP contribution in [0.2, 0.25) is 0 Å². The number of aryl methyl sites for hydroxylation is 1. The van der Waals surface area contributed by atoms with E-state index in [4.69, 9.17) is 4.74 Å². The number of nitrogens with one attached hydrogen (secondary N) is 1. The normalized spacial score (nSPS) is 9.73. The lowest BCUT2D eigenvalue weighted by Gasteiger charge is -2.09. The Balaban J connectivity index is 2.48. The summed E-state index contributed by atoms with van der Waals surface area (Å²) in [5.74, 6) is 0.937. The third-order valence-corrected chi connectivity index (χ3v) is 2.31. The highest BCUT2D eigenvalue weighted by molar-refractivity contribution is 5.50. The van der Waals surface area contributed by atoms with Crippen LogP contribution in [0.5, 0.6) is 5.75 Å². The Kier molecular flexibility index (Phi) is 4.75. The van der Waals surface area contributed by atoms with Gasteiger partial charge in [-0.2, -0.15) is 0 Å². The average molecular weight is 205 g/mol. The van der Waals surface area contributed by atoms with Gasteiger partial charge in [0.15, 0.2) is 0 Å². The van der Waals surface area contributed by atoms with Crippen molar-refractivity contribution in [1.82, 2.24) is 0 Å². The first-order valence-corrected chi connectivity index (χ1v) is 5.27. The molecule has 0 saturated heterocycles. The summed E-state index contributed by atoms with van der Waals surface area (Å²) in [6.45, 7) is 6.73. The second-order valence-electron chi connectivity index (χ2n) is 3.54. The van der Waals surface area contributed by atoms with E-state index in [9.17, 15) is 0 Å². The molecule has 0 aromatic heterocycles. The van der Waals surface area contributed by atoms with E-state index in [-0.39, 0.29) is 0 Å². The summed E-state index contributed by atoms with van der Waals surface area (Å²) < 4.78 is 5.20. The number of allylic oxidation sites excluding steroid dienone is 1. The lowest BCUT2D eigenvalue weighted by Crippen LogP contribution is -2.01. The molecule has 0 saturated carbocycles. The smallest absolute Gasteiger partial charge is 0.121 e. The van der Waals surface area contributed by atoms with E-state index >= 15 is 0 Å². The van der Waals surface area contributed by atoms with Crippen molar-refractivity contribution >= 4 is 5.69 Å². The SMILES string of the molecule is C=CCCCNc1ccc(OC)c(C)c1. The van der Waals surface area contributed by atoms with Crippen molar-refractivity contribution in [3.8, 4) is 5.75 Å². The van der Waals surface area contributed by atoms with Gasteiger partial charge < -0.3 is 10.1 Å². The van der Waals surface area contributed by atoms with Crippen LogP contribution < -0.4 is 10.1 Å². The highest BCUT2D eigenvalue weighted by atomic mass is 16.5. The molecule has 0 spiro atoms. The van der Waals surface area contributed by atoms with Gasteiger partial charge in [-0.1, -0.05) is 6.08 Å². The zero-order valence-corrected chi connectivity index (χ0v) is 9.55. The molecule has 1 N–H and O–H groups in total. The second-order valence-corrected chi connectivity index (χ2v) is 3.54. The van der Waals surface area contributed by atoms with Crippen LogP contribution in [-0.2, 0) is 0 Å². The quantitative estimate of drug-likeness (QED) is 0.568. The average Bonchev–Trinajstić information content (AvgIpc) is 2.25. The lowest BCUT2D eigenvalue weighted by atomic mass is 10.2. The second kappa shape index (κ2) is 6.12. The van der Waals surface area contributed by atoms with Crippen LogP contribution in [0.1, 0.15) is 18.4 Å². The summed E-state index contributed by atoms with van der Waals surface area (Å²) in [5, 5.41) is 3.37. The van der Waals surface area contributed by atoms with Gasteiger partial charge in [0.05, 0.1) is 7.11 Å². The van der Waals surface area contributed by atoms with E-state index in [2.05, 4.69) is 18.0 Å². The first kappa shape index (κ1) is 11.6. The Bertz CT molecular complexity index is 320. The summed E-state index contributed by atoms with van der Waals surface area (Å²) in [6, 6.07) is 6.14. The monoisotopic (exact) mass is 205 g/mol. The maximum atomic E-state index is 5.20. The van der Waals surface area contributed by atoms with Crippen LogP contribution in [0.4, 0.5) is 5.69 Å². The minimum atomic E-state index is 0.937. The van der Waals surface area contributed by atoms with Gasteiger partial charge in [-0.25, -0.2) is 0 Å². The number of hydrogen-bond acceptors (Lipinski definition) is 2. The molecule has 0 aliphatic heterocycles. The van der Waals surface area contributed by atoms with Gasteiger partial charge in [-0.05, 0) is 43.5 Å². The van der Waals surface area contributed by atoms with Gasteiger partial charge in [0.1, 0.15) is 5.75 Å².